The topological polar surface area (TPSA) is 28.2 Å². The number of halogens is 1. The molecular weight excluding hydrogens is 326 g/mol. The monoisotopic (exact) mass is 347 g/mol. The number of hydrogen-bond donors (Lipinski definition) is 1. The second-order valence-corrected chi connectivity index (χ2v) is 6.12. The number of nitrogens with zero attached hydrogens (tertiary/aromatic N) is 2. The van der Waals surface area contributed by atoms with Gasteiger partial charge in [0.2, 0.25) is 0 Å². The maximum atomic E-state index is 4.49. The Labute approximate surface area is 135 Å². The smallest absolute Gasteiger partial charge is 0.126 e. The van der Waals surface area contributed by atoms with Crippen LogP contribution in [0.25, 0.3) is 0 Å². The zero-order valence-electron chi connectivity index (χ0n) is 12.6. The Morgan fingerprint density at radius 1 is 1.14 bits per heavy atom. The lowest BCUT2D eigenvalue weighted by Crippen LogP contribution is -2.21. The standard InChI is InChI=1S/C17H22BrN3/c1-14-16(18)9-10-17(20-14)19-11-6-12-21(2)13-15-7-4-3-5-8-15/h3-5,7-10H,6,11-13H2,1-2H3,(H,19,20). The highest BCUT2D eigenvalue weighted by molar-refractivity contribution is 9.10. The van der Waals surface area contributed by atoms with E-state index in [1.165, 1.54) is 5.56 Å². The van der Waals surface area contributed by atoms with Crippen LogP contribution in [0.2, 0.25) is 0 Å². The van der Waals surface area contributed by atoms with Crippen molar-refractivity contribution in [2.45, 2.75) is 19.9 Å². The van der Waals surface area contributed by atoms with Gasteiger partial charge < -0.3 is 10.2 Å². The maximum absolute atomic E-state index is 4.49. The first-order chi connectivity index (χ1) is 10.1. The highest BCUT2D eigenvalue weighted by atomic mass is 79.9. The molecule has 2 rings (SSSR count). The Balaban J connectivity index is 1.68. The Bertz CT molecular complexity index is 557. The number of anilines is 1. The summed E-state index contributed by atoms with van der Waals surface area (Å²) in [7, 11) is 2.16. The lowest BCUT2D eigenvalue weighted by Gasteiger charge is -2.17. The van der Waals surface area contributed by atoms with Crippen LogP contribution in [-0.2, 0) is 6.54 Å². The van der Waals surface area contributed by atoms with Gasteiger partial charge in [-0.3, -0.25) is 0 Å². The molecule has 1 N–H and O–H groups in total. The van der Waals surface area contributed by atoms with Gasteiger partial charge in [-0.1, -0.05) is 30.3 Å². The van der Waals surface area contributed by atoms with E-state index in [1.54, 1.807) is 0 Å². The highest BCUT2D eigenvalue weighted by Gasteiger charge is 2.01. The normalized spacial score (nSPS) is 10.9. The molecule has 0 radical (unpaired) electrons. The van der Waals surface area contributed by atoms with E-state index in [1.807, 2.05) is 19.1 Å². The minimum atomic E-state index is 0.938. The van der Waals surface area contributed by atoms with Crippen LogP contribution in [0.5, 0.6) is 0 Å². The molecule has 0 bridgehead atoms. The number of benzene rings is 1. The van der Waals surface area contributed by atoms with E-state index in [0.29, 0.717) is 0 Å². The summed E-state index contributed by atoms with van der Waals surface area (Å²) in [6, 6.07) is 14.6. The molecule has 0 spiro atoms. The zero-order chi connectivity index (χ0) is 15.1. The molecule has 0 aliphatic carbocycles. The van der Waals surface area contributed by atoms with E-state index < -0.39 is 0 Å². The molecule has 0 fully saturated rings. The number of pyridine rings is 1. The van der Waals surface area contributed by atoms with Crippen LogP contribution < -0.4 is 5.32 Å². The van der Waals surface area contributed by atoms with Gasteiger partial charge in [-0.05, 0) is 60.6 Å². The first-order valence-electron chi connectivity index (χ1n) is 7.24. The fourth-order valence-corrected chi connectivity index (χ4v) is 2.40. The SMILES string of the molecule is Cc1nc(NCCCN(C)Cc2ccccc2)ccc1Br. The summed E-state index contributed by atoms with van der Waals surface area (Å²) in [4.78, 5) is 6.83. The van der Waals surface area contributed by atoms with Crippen LogP contribution in [0.3, 0.4) is 0 Å². The molecule has 1 aromatic carbocycles. The predicted molar refractivity (Wildman–Crippen MR) is 92.6 cm³/mol. The van der Waals surface area contributed by atoms with Crippen molar-refractivity contribution in [3.05, 3.63) is 58.2 Å². The summed E-state index contributed by atoms with van der Waals surface area (Å²) in [5.74, 6) is 0.946. The first kappa shape index (κ1) is 16.0. The van der Waals surface area contributed by atoms with Crippen molar-refractivity contribution >= 4 is 21.7 Å². The Hall–Kier alpha value is -1.39. The van der Waals surface area contributed by atoms with Crippen LogP contribution in [0.1, 0.15) is 17.7 Å². The fourth-order valence-electron chi connectivity index (χ4n) is 2.18. The molecule has 0 saturated heterocycles. The molecule has 0 unspecified atom stereocenters. The number of aromatic nitrogens is 1. The van der Waals surface area contributed by atoms with Gasteiger partial charge in [0.25, 0.3) is 0 Å². The lowest BCUT2D eigenvalue weighted by molar-refractivity contribution is 0.325. The summed E-state index contributed by atoms with van der Waals surface area (Å²) >= 11 is 3.46. The van der Waals surface area contributed by atoms with Crippen LogP contribution in [0, 0.1) is 6.92 Å². The largest absolute Gasteiger partial charge is 0.370 e. The van der Waals surface area contributed by atoms with Crippen LogP contribution in [0.15, 0.2) is 46.9 Å². The zero-order valence-corrected chi connectivity index (χ0v) is 14.2. The van der Waals surface area contributed by atoms with E-state index in [2.05, 4.69) is 68.5 Å². The van der Waals surface area contributed by atoms with Crippen molar-refractivity contribution in [3.8, 4) is 0 Å². The Morgan fingerprint density at radius 2 is 1.90 bits per heavy atom. The van der Waals surface area contributed by atoms with Crippen molar-refractivity contribution in [2.75, 3.05) is 25.5 Å². The molecule has 21 heavy (non-hydrogen) atoms. The number of rotatable bonds is 7. The van der Waals surface area contributed by atoms with E-state index in [4.69, 9.17) is 0 Å². The van der Waals surface area contributed by atoms with Crippen molar-refractivity contribution in [2.24, 2.45) is 0 Å². The molecular formula is C17H22BrN3. The molecule has 0 amide bonds. The fraction of sp³-hybridized carbons (Fsp3) is 0.353. The van der Waals surface area contributed by atoms with Crippen LogP contribution in [-0.4, -0.2) is 30.0 Å². The third-order valence-electron chi connectivity index (χ3n) is 3.34. The van der Waals surface area contributed by atoms with Gasteiger partial charge in [0.05, 0.1) is 5.69 Å². The molecule has 2 aromatic rings. The molecule has 0 saturated carbocycles. The van der Waals surface area contributed by atoms with Crippen molar-refractivity contribution in [1.82, 2.24) is 9.88 Å². The lowest BCUT2D eigenvalue weighted by atomic mass is 10.2. The minimum absolute atomic E-state index is 0.938. The predicted octanol–water partition coefficient (Wildman–Crippen LogP) is 4.09. The Kier molecular flexibility index (Phi) is 6.21. The van der Waals surface area contributed by atoms with E-state index in [0.717, 1.165) is 42.0 Å². The summed E-state index contributed by atoms with van der Waals surface area (Å²) < 4.78 is 1.05. The molecule has 1 aromatic heterocycles. The van der Waals surface area contributed by atoms with Gasteiger partial charge in [-0.15, -0.1) is 0 Å². The van der Waals surface area contributed by atoms with Gasteiger partial charge in [0.15, 0.2) is 0 Å². The Morgan fingerprint density at radius 3 is 2.62 bits per heavy atom. The summed E-state index contributed by atoms with van der Waals surface area (Å²) in [6.45, 7) is 5.00. The summed E-state index contributed by atoms with van der Waals surface area (Å²) in [5, 5.41) is 3.37. The van der Waals surface area contributed by atoms with Crippen molar-refractivity contribution in [1.29, 1.82) is 0 Å². The number of aryl methyl sites for hydroxylation is 1. The van der Waals surface area contributed by atoms with Crippen LogP contribution in [0.4, 0.5) is 5.82 Å². The van der Waals surface area contributed by atoms with Crippen molar-refractivity contribution in [3.63, 3.8) is 0 Å². The number of nitrogens with one attached hydrogen (secondary N) is 1. The molecule has 1 heterocycles. The minimum Gasteiger partial charge on any atom is -0.370 e. The third-order valence-corrected chi connectivity index (χ3v) is 4.18. The van der Waals surface area contributed by atoms with Gasteiger partial charge in [0, 0.05) is 17.6 Å². The quantitative estimate of drug-likeness (QED) is 0.764. The molecule has 4 heteroatoms. The first-order valence-corrected chi connectivity index (χ1v) is 8.04. The average molecular weight is 348 g/mol. The molecule has 3 nitrogen and oxygen atoms in total. The average Bonchev–Trinajstić information content (AvgIpc) is 2.48. The maximum Gasteiger partial charge on any atom is 0.126 e. The van der Waals surface area contributed by atoms with E-state index in [9.17, 15) is 0 Å². The second kappa shape index (κ2) is 8.15. The van der Waals surface area contributed by atoms with Crippen molar-refractivity contribution < 1.29 is 0 Å². The van der Waals surface area contributed by atoms with E-state index in [-0.39, 0.29) is 0 Å². The van der Waals surface area contributed by atoms with Gasteiger partial charge >= 0.3 is 0 Å². The third kappa shape index (κ3) is 5.48. The van der Waals surface area contributed by atoms with Gasteiger partial charge in [0.1, 0.15) is 5.82 Å². The number of hydrogen-bond acceptors (Lipinski definition) is 3. The molecule has 0 aliphatic heterocycles. The second-order valence-electron chi connectivity index (χ2n) is 5.27. The van der Waals surface area contributed by atoms with Gasteiger partial charge in [-0.2, -0.15) is 0 Å². The van der Waals surface area contributed by atoms with E-state index >= 15 is 0 Å². The summed E-state index contributed by atoms with van der Waals surface area (Å²) in [6.07, 6.45) is 1.10. The highest BCUT2D eigenvalue weighted by Crippen LogP contribution is 2.16. The van der Waals surface area contributed by atoms with Gasteiger partial charge in [-0.25, -0.2) is 4.98 Å². The van der Waals surface area contributed by atoms with Crippen LogP contribution >= 0.6 is 15.9 Å². The molecule has 112 valence electrons. The summed E-state index contributed by atoms with van der Waals surface area (Å²) in [5.41, 5.74) is 2.37. The molecule has 0 atom stereocenters. The molecule has 0 aliphatic rings.